The Morgan fingerprint density at radius 2 is 2.00 bits per heavy atom. The van der Waals surface area contributed by atoms with Crippen LogP contribution in [0.25, 0.3) is 0 Å². The van der Waals surface area contributed by atoms with Crippen molar-refractivity contribution in [1.29, 1.82) is 0 Å². The molecule has 0 amide bonds. The third-order valence-corrected chi connectivity index (χ3v) is 3.26. The number of hydrogen-bond acceptors (Lipinski definition) is 1. The van der Waals surface area contributed by atoms with Crippen molar-refractivity contribution in [3.63, 3.8) is 0 Å². The van der Waals surface area contributed by atoms with Crippen molar-refractivity contribution in [1.82, 2.24) is 0 Å². The predicted molar refractivity (Wildman–Crippen MR) is 68.7 cm³/mol. The van der Waals surface area contributed by atoms with Crippen LogP contribution in [0.1, 0.15) is 32.8 Å². The molecule has 0 radical (unpaired) electrons. The van der Waals surface area contributed by atoms with Crippen molar-refractivity contribution in [3.05, 3.63) is 28.8 Å². The topological polar surface area (TPSA) is 12.0 Å². The molecular weight excluding hydrogens is 206 g/mol. The van der Waals surface area contributed by atoms with Crippen molar-refractivity contribution >= 4 is 17.3 Å². The second-order valence-corrected chi connectivity index (χ2v) is 4.72. The van der Waals surface area contributed by atoms with E-state index >= 15 is 0 Å². The zero-order valence-corrected chi connectivity index (χ0v) is 10.7. The number of anilines is 1. The first kappa shape index (κ1) is 12.4. The molecule has 15 heavy (non-hydrogen) atoms. The molecule has 0 saturated heterocycles. The molecule has 84 valence electrons. The summed E-state index contributed by atoms with van der Waals surface area (Å²) in [5, 5.41) is 4.38. The lowest BCUT2D eigenvalue weighted by molar-refractivity contribution is 0.511. The minimum atomic E-state index is 0.516. The highest BCUT2D eigenvalue weighted by Gasteiger charge is 2.12. The average molecular weight is 226 g/mol. The fourth-order valence-electron chi connectivity index (χ4n) is 1.70. The molecular formula is C13H20ClN. The van der Waals surface area contributed by atoms with Crippen LogP contribution in [0, 0.1) is 12.8 Å². The molecule has 1 unspecified atom stereocenters. The first-order chi connectivity index (χ1) is 7.06. The van der Waals surface area contributed by atoms with Gasteiger partial charge in [-0.05, 0) is 37.0 Å². The van der Waals surface area contributed by atoms with E-state index < -0.39 is 0 Å². The van der Waals surface area contributed by atoms with Crippen LogP contribution in [0.3, 0.4) is 0 Å². The van der Waals surface area contributed by atoms with Crippen LogP contribution in [0.4, 0.5) is 5.69 Å². The summed E-state index contributed by atoms with van der Waals surface area (Å²) >= 11 is 6.08. The van der Waals surface area contributed by atoms with E-state index in [0.29, 0.717) is 12.0 Å². The van der Waals surface area contributed by atoms with E-state index in [9.17, 15) is 0 Å². The molecule has 0 aliphatic heterocycles. The van der Waals surface area contributed by atoms with E-state index in [1.54, 1.807) is 0 Å². The third kappa shape index (κ3) is 3.13. The summed E-state index contributed by atoms with van der Waals surface area (Å²) in [6.07, 6.45) is 1.13. The Kier molecular flexibility index (Phi) is 4.46. The second kappa shape index (κ2) is 5.41. The Bertz CT molecular complexity index is 320. The van der Waals surface area contributed by atoms with E-state index in [1.807, 2.05) is 12.1 Å². The lowest BCUT2D eigenvalue weighted by Crippen LogP contribution is -2.24. The van der Waals surface area contributed by atoms with Gasteiger partial charge in [-0.1, -0.05) is 38.4 Å². The van der Waals surface area contributed by atoms with Crippen molar-refractivity contribution < 1.29 is 0 Å². The molecule has 0 aromatic heterocycles. The molecule has 0 saturated carbocycles. The van der Waals surface area contributed by atoms with Gasteiger partial charge in [0, 0.05) is 16.8 Å². The molecule has 1 aromatic carbocycles. The lowest BCUT2D eigenvalue weighted by atomic mass is 10.0. The fourth-order valence-corrected chi connectivity index (χ4v) is 1.88. The molecule has 1 atom stereocenters. The van der Waals surface area contributed by atoms with Crippen LogP contribution >= 0.6 is 11.6 Å². The Labute approximate surface area is 97.8 Å². The molecule has 0 heterocycles. The number of hydrogen-bond donors (Lipinski definition) is 1. The summed E-state index contributed by atoms with van der Waals surface area (Å²) in [5.74, 6) is 0.633. The average Bonchev–Trinajstić information content (AvgIpc) is 2.19. The zero-order chi connectivity index (χ0) is 11.4. The molecule has 1 rings (SSSR count). The molecule has 0 spiro atoms. The molecule has 0 aliphatic rings. The maximum atomic E-state index is 6.08. The Hall–Kier alpha value is -0.690. The van der Waals surface area contributed by atoms with E-state index in [-0.39, 0.29) is 0 Å². The molecule has 1 N–H and O–H groups in total. The summed E-state index contributed by atoms with van der Waals surface area (Å²) in [6.45, 7) is 8.73. The van der Waals surface area contributed by atoms with Gasteiger partial charge in [-0.2, -0.15) is 0 Å². The molecule has 1 nitrogen and oxygen atoms in total. The highest BCUT2D eigenvalue weighted by Crippen LogP contribution is 2.25. The predicted octanol–water partition coefficient (Wildman–Crippen LogP) is 4.49. The Morgan fingerprint density at radius 3 is 2.53 bits per heavy atom. The summed E-state index contributed by atoms with van der Waals surface area (Å²) in [5.41, 5.74) is 2.29. The van der Waals surface area contributed by atoms with Gasteiger partial charge in [0.15, 0.2) is 0 Å². The first-order valence-corrected chi connectivity index (χ1v) is 5.95. The largest absolute Gasteiger partial charge is 0.382 e. The summed E-state index contributed by atoms with van der Waals surface area (Å²) < 4.78 is 0. The summed E-state index contributed by atoms with van der Waals surface area (Å²) in [7, 11) is 0. The standard InChI is InChI=1S/C13H20ClN/c1-5-12(9(2)3)15-13-8-6-7-11(14)10(13)4/h6-9,12,15H,5H2,1-4H3. The van der Waals surface area contributed by atoms with Crippen molar-refractivity contribution in [3.8, 4) is 0 Å². The SMILES string of the molecule is CCC(Nc1cccc(Cl)c1C)C(C)C. The minimum Gasteiger partial charge on any atom is -0.382 e. The number of nitrogens with one attached hydrogen (secondary N) is 1. The van der Waals surface area contributed by atoms with Gasteiger partial charge in [-0.3, -0.25) is 0 Å². The van der Waals surface area contributed by atoms with Crippen LogP contribution in [-0.4, -0.2) is 6.04 Å². The quantitative estimate of drug-likeness (QED) is 0.796. The van der Waals surface area contributed by atoms with Gasteiger partial charge in [0.1, 0.15) is 0 Å². The van der Waals surface area contributed by atoms with Gasteiger partial charge in [-0.15, -0.1) is 0 Å². The van der Waals surface area contributed by atoms with Crippen LogP contribution in [-0.2, 0) is 0 Å². The maximum absolute atomic E-state index is 6.08. The molecule has 2 heteroatoms. The van der Waals surface area contributed by atoms with E-state index in [1.165, 1.54) is 0 Å². The van der Waals surface area contributed by atoms with Crippen LogP contribution in [0.15, 0.2) is 18.2 Å². The summed E-state index contributed by atoms with van der Waals surface area (Å²) in [4.78, 5) is 0. The monoisotopic (exact) mass is 225 g/mol. The van der Waals surface area contributed by atoms with E-state index in [4.69, 9.17) is 11.6 Å². The number of halogens is 1. The summed E-state index contributed by atoms with van der Waals surface area (Å²) in [6, 6.07) is 6.53. The van der Waals surface area contributed by atoms with Gasteiger partial charge in [0.25, 0.3) is 0 Å². The van der Waals surface area contributed by atoms with Crippen LogP contribution in [0.2, 0.25) is 5.02 Å². The molecule has 0 fully saturated rings. The van der Waals surface area contributed by atoms with Crippen molar-refractivity contribution in [2.24, 2.45) is 5.92 Å². The Balaban J connectivity index is 2.84. The van der Waals surface area contributed by atoms with Gasteiger partial charge < -0.3 is 5.32 Å². The fraction of sp³-hybridized carbons (Fsp3) is 0.538. The maximum Gasteiger partial charge on any atom is 0.0455 e. The van der Waals surface area contributed by atoms with Crippen LogP contribution in [0.5, 0.6) is 0 Å². The first-order valence-electron chi connectivity index (χ1n) is 5.58. The Morgan fingerprint density at radius 1 is 1.33 bits per heavy atom. The number of benzene rings is 1. The number of rotatable bonds is 4. The van der Waals surface area contributed by atoms with Gasteiger partial charge in [-0.25, -0.2) is 0 Å². The van der Waals surface area contributed by atoms with Gasteiger partial charge in [0.2, 0.25) is 0 Å². The van der Waals surface area contributed by atoms with Crippen LogP contribution < -0.4 is 5.32 Å². The smallest absolute Gasteiger partial charge is 0.0455 e. The van der Waals surface area contributed by atoms with E-state index in [2.05, 4.69) is 39.1 Å². The molecule has 0 aliphatic carbocycles. The lowest BCUT2D eigenvalue weighted by Gasteiger charge is -2.23. The highest BCUT2D eigenvalue weighted by atomic mass is 35.5. The second-order valence-electron chi connectivity index (χ2n) is 4.32. The minimum absolute atomic E-state index is 0.516. The molecule has 0 bridgehead atoms. The zero-order valence-electron chi connectivity index (χ0n) is 9.97. The third-order valence-electron chi connectivity index (χ3n) is 2.85. The normalized spacial score (nSPS) is 12.9. The highest BCUT2D eigenvalue weighted by molar-refractivity contribution is 6.31. The molecule has 1 aromatic rings. The van der Waals surface area contributed by atoms with Crippen molar-refractivity contribution in [2.45, 2.75) is 40.2 Å². The van der Waals surface area contributed by atoms with Crippen molar-refractivity contribution in [2.75, 3.05) is 5.32 Å². The van der Waals surface area contributed by atoms with E-state index in [0.717, 1.165) is 22.7 Å². The van der Waals surface area contributed by atoms with Gasteiger partial charge >= 0.3 is 0 Å². The van der Waals surface area contributed by atoms with Gasteiger partial charge in [0.05, 0.1) is 0 Å².